The van der Waals surface area contributed by atoms with E-state index in [1.54, 1.807) is 36.5 Å². The number of nitrogens with one attached hydrogen (secondary N) is 3. The first-order valence-electron chi connectivity index (χ1n) is 11.7. The highest BCUT2D eigenvalue weighted by Crippen LogP contribution is 2.29. The van der Waals surface area contributed by atoms with E-state index in [-0.39, 0.29) is 34.2 Å². The van der Waals surface area contributed by atoms with Gasteiger partial charge in [0.1, 0.15) is 22.3 Å². The number of primary sulfonamides is 1. The van der Waals surface area contributed by atoms with Crippen LogP contribution in [-0.2, 0) is 14.8 Å². The summed E-state index contributed by atoms with van der Waals surface area (Å²) in [5, 5.41) is 12.5. The average Bonchev–Trinajstić information content (AvgIpc) is 2.83. The average molecular weight is 522 g/mol. The molecule has 0 radical (unpaired) electrons. The van der Waals surface area contributed by atoms with Gasteiger partial charge in [-0.3, -0.25) is 4.79 Å². The minimum absolute atomic E-state index is 0.0659. The molecule has 0 saturated carbocycles. The maximum absolute atomic E-state index is 12.7. The number of benzene rings is 1. The Labute approximate surface area is 213 Å². The first-order valence-corrected chi connectivity index (χ1v) is 13.3. The molecule has 4 heterocycles. The van der Waals surface area contributed by atoms with Crippen molar-refractivity contribution in [2.75, 3.05) is 28.6 Å². The van der Waals surface area contributed by atoms with E-state index < -0.39 is 10.0 Å². The van der Waals surface area contributed by atoms with E-state index in [9.17, 15) is 13.2 Å². The quantitative estimate of drug-likeness (QED) is 0.299. The number of aromatic nitrogens is 3. The molecule has 192 valence electrons. The maximum atomic E-state index is 12.7. The number of ether oxygens (including phenoxy) is 1. The largest absolute Gasteiger partial charge is 0.372 e. The second-order valence-electron chi connectivity index (χ2n) is 8.99. The highest BCUT2D eigenvalue weighted by Gasteiger charge is 2.23. The van der Waals surface area contributed by atoms with Crippen LogP contribution in [0, 0.1) is 0 Å². The van der Waals surface area contributed by atoms with Crippen LogP contribution in [0.5, 0.6) is 0 Å². The minimum Gasteiger partial charge on any atom is -0.372 e. The fourth-order valence-electron chi connectivity index (χ4n) is 4.47. The topological polar surface area (TPSA) is 155 Å². The third-order valence-electron chi connectivity index (χ3n) is 5.96. The monoisotopic (exact) mass is 521 g/mol. The number of morpholine rings is 1. The number of anilines is 5. The molecule has 0 bridgehead atoms. The van der Waals surface area contributed by atoms with Gasteiger partial charge in [-0.15, -0.1) is 0 Å². The van der Waals surface area contributed by atoms with Gasteiger partial charge in [-0.05, 0) is 55.6 Å². The highest BCUT2D eigenvalue weighted by atomic mass is 32.2. The number of sulfonamides is 1. The molecule has 1 aliphatic rings. The fourth-order valence-corrected chi connectivity index (χ4v) is 5.17. The number of hydrogen-bond donors (Lipinski definition) is 4. The Morgan fingerprint density at radius 1 is 1.08 bits per heavy atom. The zero-order valence-corrected chi connectivity index (χ0v) is 21.1. The van der Waals surface area contributed by atoms with Crippen LogP contribution in [0.3, 0.4) is 0 Å². The lowest BCUT2D eigenvalue weighted by molar-refractivity contribution is -0.00545. The van der Waals surface area contributed by atoms with Gasteiger partial charge in [0.25, 0.3) is 5.56 Å². The summed E-state index contributed by atoms with van der Waals surface area (Å²) >= 11 is 0. The molecule has 12 heteroatoms. The summed E-state index contributed by atoms with van der Waals surface area (Å²) < 4.78 is 29.9. The molecule has 2 atom stereocenters. The summed E-state index contributed by atoms with van der Waals surface area (Å²) in [6, 6.07) is 13.4. The van der Waals surface area contributed by atoms with Gasteiger partial charge < -0.3 is 25.3 Å². The first-order chi connectivity index (χ1) is 17.7. The number of nitrogens with zero attached hydrogens (tertiary/aromatic N) is 3. The summed E-state index contributed by atoms with van der Waals surface area (Å²) in [5.74, 6) is 1.45. The van der Waals surface area contributed by atoms with Crippen LogP contribution < -0.4 is 26.2 Å². The number of para-hydroxylation sites is 1. The summed E-state index contributed by atoms with van der Waals surface area (Å²) in [7, 11) is -3.96. The Morgan fingerprint density at radius 2 is 1.84 bits per heavy atom. The van der Waals surface area contributed by atoms with Gasteiger partial charge in [0, 0.05) is 19.3 Å². The SMILES string of the molecule is CC1CN(c2ccc(Nc3nc(Nc4ccccc4S(N)(=O)=O)cc4cc[nH]c(=O)c34)cn2)CC(C)O1. The van der Waals surface area contributed by atoms with Crippen LogP contribution >= 0.6 is 0 Å². The molecule has 0 amide bonds. The molecule has 5 rings (SSSR count). The summed E-state index contributed by atoms with van der Waals surface area (Å²) in [5.41, 5.74) is 0.592. The number of fused-ring (bicyclic) bond motifs is 1. The Hall–Kier alpha value is -4.00. The maximum Gasteiger partial charge on any atom is 0.259 e. The Kier molecular flexibility index (Phi) is 6.54. The molecule has 3 aromatic heterocycles. The van der Waals surface area contributed by atoms with Gasteiger partial charge in [0.05, 0.1) is 35.2 Å². The fraction of sp³-hybridized carbons (Fsp3) is 0.240. The van der Waals surface area contributed by atoms with E-state index in [1.807, 2.05) is 26.0 Å². The number of H-pyrrole nitrogens is 1. The molecular weight excluding hydrogens is 494 g/mol. The lowest BCUT2D eigenvalue weighted by Gasteiger charge is -2.36. The van der Waals surface area contributed by atoms with Gasteiger partial charge in [-0.25, -0.2) is 23.5 Å². The van der Waals surface area contributed by atoms with Crippen LogP contribution in [0.15, 0.2) is 70.6 Å². The molecule has 1 saturated heterocycles. The molecule has 2 unspecified atom stereocenters. The van der Waals surface area contributed by atoms with E-state index in [2.05, 4.69) is 30.5 Å². The zero-order valence-electron chi connectivity index (χ0n) is 20.3. The van der Waals surface area contributed by atoms with Crippen molar-refractivity contribution in [2.45, 2.75) is 31.0 Å². The van der Waals surface area contributed by atoms with Gasteiger partial charge in [0.15, 0.2) is 0 Å². The molecule has 1 aromatic carbocycles. The molecule has 37 heavy (non-hydrogen) atoms. The van der Waals surface area contributed by atoms with Crippen LogP contribution in [0.25, 0.3) is 10.8 Å². The number of aromatic amines is 1. The van der Waals surface area contributed by atoms with E-state index in [0.29, 0.717) is 22.3 Å². The molecule has 0 aliphatic carbocycles. The van der Waals surface area contributed by atoms with Gasteiger partial charge in [0.2, 0.25) is 10.0 Å². The Balaban J connectivity index is 1.48. The predicted molar refractivity (Wildman–Crippen MR) is 143 cm³/mol. The van der Waals surface area contributed by atoms with E-state index >= 15 is 0 Å². The van der Waals surface area contributed by atoms with Crippen LogP contribution in [-0.4, -0.2) is 48.7 Å². The standard InChI is InChI=1S/C25H27N7O4S/c1-15-13-32(14-16(2)36-15)22-8-7-18(12-28-22)29-24-23-17(9-10-27-25(23)33)11-21(31-24)30-19-5-3-4-6-20(19)37(26,34)35/h3-12,15-16H,13-14H2,1-2H3,(H,27,33)(H2,26,34,35)(H2,29,30,31). The summed E-state index contributed by atoms with van der Waals surface area (Å²) in [6.45, 7) is 5.57. The third-order valence-corrected chi connectivity index (χ3v) is 6.93. The van der Waals surface area contributed by atoms with Crippen LogP contribution in [0.1, 0.15) is 13.8 Å². The summed E-state index contributed by atoms with van der Waals surface area (Å²) in [4.78, 5) is 26.6. The number of pyridine rings is 3. The second-order valence-corrected chi connectivity index (χ2v) is 10.5. The molecule has 1 aliphatic heterocycles. The first kappa shape index (κ1) is 24.7. The molecule has 4 aromatic rings. The smallest absolute Gasteiger partial charge is 0.259 e. The molecule has 5 N–H and O–H groups in total. The zero-order chi connectivity index (χ0) is 26.2. The number of hydrogen-bond acceptors (Lipinski definition) is 9. The summed E-state index contributed by atoms with van der Waals surface area (Å²) in [6.07, 6.45) is 3.44. The van der Waals surface area contributed by atoms with Crippen molar-refractivity contribution in [3.05, 3.63) is 71.3 Å². The van der Waals surface area contributed by atoms with Crippen molar-refractivity contribution in [1.29, 1.82) is 0 Å². The van der Waals surface area contributed by atoms with Gasteiger partial charge >= 0.3 is 0 Å². The normalized spacial score (nSPS) is 18.1. The van der Waals surface area contributed by atoms with Crippen LogP contribution in [0.4, 0.5) is 28.8 Å². The van der Waals surface area contributed by atoms with Crippen molar-refractivity contribution in [3.8, 4) is 0 Å². The number of rotatable bonds is 6. The van der Waals surface area contributed by atoms with Crippen molar-refractivity contribution >= 4 is 49.6 Å². The van der Waals surface area contributed by atoms with Crippen molar-refractivity contribution in [2.24, 2.45) is 5.14 Å². The van der Waals surface area contributed by atoms with E-state index in [4.69, 9.17) is 9.88 Å². The molecule has 1 fully saturated rings. The predicted octanol–water partition coefficient (Wildman–Crippen LogP) is 3.07. The Morgan fingerprint density at radius 3 is 2.54 bits per heavy atom. The van der Waals surface area contributed by atoms with E-state index in [1.165, 1.54) is 12.3 Å². The minimum atomic E-state index is -3.96. The number of nitrogens with two attached hydrogens (primary N) is 1. The molecular formula is C25H27N7O4S. The second kappa shape index (κ2) is 9.81. The lowest BCUT2D eigenvalue weighted by Crippen LogP contribution is -2.45. The van der Waals surface area contributed by atoms with Crippen molar-refractivity contribution in [3.63, 3.8) is 0 Å². The lowest BCUT2D eigenvalue weighted by atomic mass is 10.2. The van der Waals surface area contributed by atoms with Crippen molar-refractivity contribution < 1.29 is 13.2 Å². The van der Waals surface area contributed by atoms with Crippen LogP contribution in [0.2, 0.25) is 0 Å². The van der Waals surface area contributed by atoms with E-state index in [0.717, 1.165) is 18.9 Å². The van der Waals surface area contributed by atoms with Gasteiger partial charge in [-0.1, -0.05) is 12.1 Å². The van der Waals surface area contributed by atoms with Gasteiger partial charge in [-0.2, -0.15) is 0 Å². The highest BCUT2D eigenvalue weighted by molar-refractivity contribution is 7.89. The third kappa shape index (κ3) is 5.40. The molecule has 11 nitrogen and oxygen atoms in total. The molecule has 0 spiro atoms. The Bertz CT molecular complexity index is 1600. The van der Waals surface area contributed by atoms with Crippen molar-refractivity contribution in [1.82, 2.24) is 15.0 Å².